The molecular formula is C19H35N3O. The van der Waals surface area contributed by atoms with E-state index in [0.717, 1.165) is 13.0 Å². The van der Waals surface area contributed by atoms with Gasteiger partial charge in [-0.3, -0.25) is 4.79 Å². The van der Waals surface area contributed by atoms with E-state index < -0.39 is 0 Å². The maximum Gasteiger partial charge on any atom is 0.223 e. The minimum atomic E-state index is 0.458. The third kappa shape index (κ3) is 4.93. The summed E-state index contributed by atoms with van der Waals surface area (Å²) in [6.45, 7) is 6.95. The Morgan fingerprint density at radius 1 is 0.913 bits per heavy atom. The summed E-state index contributed by atoms with van der Waals surface area (Å²) in [6, 6.07) is 0.511. The van der Waals surface area contributed by atoms with Crippen molar-refractivity contribution in [2.45, 2.75) is 63.8 Å². The van der Waals surface area contributed by atoms with Gasteiger partial charge in [0.05, 0.1) is 0 Å². The molecule has 132 valence electrons. The molecule has 1 saturated carbocycles. The van der Waals surface area contributed by atoms with Crippen LogP contribution in [0.25, 0.3) is 0 Å². The first-order valence-electron chi connectivity index (χ1n) is 9.93. The van der Waals surface area contributed by atoms with Gasteiger partial charge in [0.15, 0.2) is 0 Å². The smallest absolute Gasteiger partial charge is 0.223 e. The first-order chi connectivity index (χ1) is 11.2. The first kappa shape index (κ1) is 17.2. The van der Waals surface area contributed by atoms with Gasteiger partial charge >= 0.3 is 0 Å². The lowest BCUT2D eigenvalue weighted by Gasteiger charge is -2.39. The number of piperidine rings is 1. The van der Waals surface area contributed by atoms with E-state index in [2.05, 4.69) is 21.7 Å². The molecule has 1 atom stereocenters. The van der Waals surface area contributed by atoms with Crippen LogP contribution >= 0.6 is 0 Å². The summed E-state index contributed by atoms with van der Waals surface area (Å²) >= 11 is 0. The summed E-state index contributed by atoms with van der Waals surface area (Å²) in [5.41, 5.74) is 0. The second kappa shape index (κ2) is 8.48. The molecule has 3 fully saturated rings. The summed E-state index contributed by atoms with van der Waals surface area (Å²) in [5, 5.41) is 0. The highest BCUT2D eigenvalue weighted by atomic mass is 16.2. The van der Waals surface area contributed by atoms with Crippen molar-refractivity contribution in [1.82, 2.24) is 14.7 Å². The number of carbonyl (C=O) groups is 1. The van der Waals surface area contributed by atoms with Crippen molar-refractivity contribution < 1.29 is 4.79 Å². The lowest BCUT2D eigenvalue weighted by Crippen LogP contribution is -2.48. The molecular weight excluding hydrogens is 286 g/mol. The van der Waals surface area contributed by atoms with Gasteiger partial charge in [0.1, 0.15) is 0 Å². The van der Waals surface area contributed by atoms with Crippen LogP contribution in [0.15, 0.2) is 0 Å². The highest BCUT2D eigenvalue weighted by Crippen LogP contribution is 2.30. The molecule has 0 aromatic heterocycles. The van der Waals surface area contributed by atoms with Gasteiger partial charge in [0.25, 0.3) is 0 Å². The minimum Gasteiger partial charge on any atom is -0.340 e. The zero-order valence-corrected chi connectivity index (χ0v) is 15.0. The Morgan fingerprint density at radius 2 is 1.61 bits per heavy atom. The van der Waals surface area contributed by atoms with Gasteiger partial charge in [-0.1, -0.05) is 12.8 Å². The van der Waals surface area contributed by atoms with E-state index in [4.69, 9.17) is 0 Å². The standard InChI is InChI=1S/C19H35N3O/c1-20-12-14-21(15-13-20)11-9-18-8-4-5-10-22(18)19(23)16-17-6-2-3-7-17/h17-18H,2-16H2,1H3. The van der Waals surface area contributed by atoms with Crippen LogP contribution in [-0.2, 0) is 4.79 Å². The zero-order chi connectivity index (χ0) is 16.1. The monoisotopic (exact) mass is 321 g/mol. The molecule has 0 radical (unpaired) electrons. The Balaban J connectivity index is 1.46. The molecule has 0 bridgehead atoms. The average Bonchev–Trinajstić information content (AvgIpc) is 3.07. The number of rotatable bonds is 5. The zero-order valence-electron chi connectivity index (χ0n) is 15.0. The lowest BCUT2D eigenvalue weighted by molar-refractivity contribution is -0.136. The van der Waals surface area contributed by atoms with E-state index in [9.17, 15) is 4.79 Å². The number of amides is 1. The normalized spacial score (nSPS) is 28.4. The number of hydrogen-bond acceptors (Lipinski definition) is 3. The molecule has 3 rings (SSSR count). The van der Waals surface area contributed by atoms with E-state index in [1.54, 1.807) is 0 Å². The van der Waals surface area contributed by atoms with Crippen molar-refractivity contribution in [3.05, 3.63) is 0 Å². The van der Waals surface area contributed by atoms with E-state index in [1.165, 1.54) is 84.1 Å². The molecule has 1 amide bonds. The highest BCUT2D eigenvalue weighted by Gasteiger charge is 2.29. The predicted molar refractivity (Wildman–Crippen MR) is 94.5 cm³/mol. The second-order valence-electron chi connectivity index (χ2n) is 8.02. The first-order valence-corrected chi connectivity index (χ1v) is 9.93. The Morgan fingerprint density at radius 3 is 2.35 bits per heavy atom. The third-order valence-corrected chi connectivity index (χ3v) is 6.26. The molecule has 0 aromatic rings. The second-order valence-corrected chi connectivity index (χ2v) is 8.02. The van der Waals surface area contributed by atoms with Crippen molar-refractivity contribution in [2.24, 2.45) is 5.92 Å². The van der Waals surface area contributed by atoms with Gasteiger partial charge < -0.3 is 14.7 Å². The number of piperazine rings is 1. The van der Waals surface area contributed by atoms with Crippen molar-refractivity contribution in [3.8, 4) is 0 Å². The quantitative estimate of drug-likeness (QED) is 0.779. The SMILES string of the molecule is CN1CCN(CCC2CCCCN2C(=O)CC2CCCC2)CC1. The molecule has 0 spiro atoms. The molecule has 1 unspecified atom stereocenters. The van der Waals surface area contributed by atoms with Crippen LogP contribution in [0, 0.1) is 5.92 Å². The number of carbonyl (C=O) groups excluding carboxylic acids is 1. The number of likely N-dealkylation sites (tertiary alicyclic amines) is 1. The van der Waals surface area contributed by atoms with Gasteiger partial charge in [-0.15, -0.1) is 0 Å². The molecule has 1 aliphatic carbocycles. The Hall–Kier alpha value is -0.610. The van der Waals surface area contributed by atoms with Gasteiger partial charge in [0, 0.05) is 51.7 Å². The molecule has 2 saturated heterocycles. The van der Waals surface area contributed by atoms with Crippen LogP contribution in [0.2, 0.25) is 0 Å². The molecule has 3 aliphatic rings. The van der Waals surface area contributed by atoms with Crippen molar-refractivity contribution in [3.63, 3.8) is 0 Å². The summed E-state index contributed by atoms with van der Waals surface area (Å²) in [4.78, 5) is 20.0. The third-order valence-electron chi connectivity index (χ3n) is 6.26. The van der Waals surface area contributed by atoms with Crippen LogP contribution in [0.5, 0.6) is 0 Å². The number of nitrogens with zero attached hydrogens (tertiary/aromatic N) is 3. The average molecular weight is 322 g/mol. The minimum absolute atomic E-state index is 0.458. The Labute approximate surface area is 142 Å². The van der Waals surface area contributed by atoms with Crippen LogP contribution in [0.4, 0.5) is 0 Å². The van der Waals surface area contributed by atoms with Crippen molar-refractivity contribution in [2.75, 3.05) is 46.3 Å². The van der Waals surface area contributed by atoms with Crippen LogP contribution in [0.3, 0.4) is 0 Å². The topological polar surface area (TPSA) is 26.8 Å². The Bertz CT molecular complexity index is 373. The molecule has 4 heteroatoms. The molecule has 2 aliphatic heterocycles. The molecule has 0 N–H and O–H groups in total. The largest absolute Gasteiger partial charge is 0.340 e. The summed E-state index contributed by atoms with van der Waals surface area (Å²) in [5.74, 6) is 1.14. The van der Waals surface area contributed by atoms with Crippen LogP contribution in [0.1, 0.15) is 57.8 Å². The fourth-order valence-corrected chi connectivity index (χ4v) is 4.61. The number of hydrogen-bond donors (Lipinski definition) is 0. The maximum atomic E-state index is 12.8. The summed E-state index contributed by atoms with van der Waals surface area (Å²) in [7, 11) is 2.21. The van der Waals surface area contributed by atoms with Crippen molar-refractivity contribution >= 4 is 5.91 Å². The number of likely N-dealkylation sites (N-methyl/N-ethyl adjacent to an activating group) is 1. The van der Waals surface area contributed by atoms with Crippen LogP contribution < -0.4 is 0 Å². The van der Waals surface area contributed by atoms with Crippen molar-refractivity contribution in [1.29, 1.82) is 0 Å². The van der Waals surface area contributed by atoms with Gasteiger partial charge in [-0.25, -0.2) is 0 Å². The fraction of sp³-hybridized carbons (Fsp3) is 0.947. The molecule has 23 heavy (non-hydrogen) atoms. The Kier molecular flexibility index (Phi) is 6.35. The molecule has 0 aromatic carbocycles. The van der Waals surface area contributed by atoms with Gasteiger partial charge in [-0.05, 0) is 51.5 Å². The highest BCUT2D eigenvalue weighted by molar-refractivity contribution is 5.77. The van der Waals surface area contributed by atoms with E-state index >= 15 is 0 Å². The van der Waals surface area contributed by atoms with Crippen LogP contribution in [-0.4, -0.2) is 73.0 Å². The van der Waals surface area contributed by atoms with Gasteiger partial charge in [-0.2, -0.15) is 0 Å². The van der Waals surface area contributed by atoms with E-state index in [0.29, 0.717) is 17.9 Å². The van der Waals surface area contributed by atoms with E-state index in [1.807, 2.05) is 0 Å². The maximum absolute atomic E-state index is 12.8. The summed E-state index contributed by atoms with van der Waals surface area (Å²) in [6.07, 6.45) is 11.0. The lowest BCUT2D eigenvalue weighted by atomic mass is 9.96. The summed E-state index contributed by atoms with van der Waals surface area (Å²) < 4.78 is 0. The van der Waals surface area contributed by atoms with Gasteiger partial charge in [0.2, 0.25) is 5.91 Å². The predicted octanol–water partition coefficient (Wildman–Crippen LogP) is 2.59. The molecule has 4 nitrogen and oxygen atoms in total. The van der Waals surface area contributed by atoms with E-state index in [-0.39, 0.29) is 0 Å². The molecule has 2 heterocycles. The fourth-order valence-electron chi connectivity index (χ4n) is 4.61.